The summed E-state index contributed by atoms with van der Waals surface area (Å²) in [5.41, 5.74) is -0.170. The normalized spacial score (nSPS) is 23.4. The molecule has 0 N–H and O–H groups in total. The Kier molecular flexibility index (Phi) is 7.79. The molecule has 0 aliphatic carbocycles. The molecule has 0 aromatic carbocycles. The van der Waals surface area contributed by atoms with Crippen molar-refractivity contribution in [2.45, 2.75) is 85.5 Å². The molecule has 0 radical (unpaired) electrons. The number of imide groups is 2. The highest BCUT2D eigenvalue weighted by atomic mass is 16.2. The third-order valence-electron chi connectivity index (χ3n) is 6.13. The monoisotopic (exact) mass is 392 g/mol. The van der Waals surface area contributed by atoms with Crippen molar-refractivity contribution in [3.63, 3.8) is 0 Å². The molecule has 0 saturated carbocycles. The summed E-state index contributed by atoms with van der Waals surface area (Å²) in [5.74, 6) is -0.367. The zero-order valence-electron chi connectivity index (χ0n) is 18.0. The number of carbonyl (C=O) groups is 4. The van der Waals surface area contributed by atoms with Crippen LogP contribution < -0.4 is 0 Å². The topological polar surface area (TPSA) is 74.8 Å². The zero-order valence-corrected chi connectivity index (χ0v) is 18.0. The van der Waals surface area contributed by atoms with Gasteiger partial charge in [-0.05, 0) is 24.7 Å². The van der Waals surface area contributed by atoms with Gasteiger partial charge >= 0.3 is 0 Å². The van der Waals surface area contributed by atoms with Gasteiger partial charge in [0.25, 0.3) is 0 Å². The lowest BCUT2D eigenvalue weighted by molar-refractivity contribution is -0.141. The maximum Gasteiger partial charge on any atom is 0.233 e. The van der Waals surface area contributed by atoms with E-state index in [1.165, 1.54) is 9.80 Å². The van der Waals surface area contributed by atoms with E-state index < -0.39 is 0 Å². The van der Waals surface area contributed by atoms with Gasteiger partial charge in [0.2, 0.25) is 23.6 Å². The second-order valence-corrected chi connectivity index (χ2v) is 9.32. The van der Waals surface area contributed by atoms with Crippen LogP contribution in [0.25, 0.3) is 0 Å². The van der Waals surface area contributed by atoms with Gasteiger partial charge in [-0.1, -0.05) is 53.4 Å². The van der Waals surface area contributed by atoms with E-state index >= 15 is 0 Å². The van der Waals surface area contributed by atoms with Crippen LogP contribution in [0.3, 0.4) is 0 Å². The minimum Gasteiger partial charge on any atom is -0.282 e. The lowest BCUT2D eigenvalue weighted by atomic mass is 9.80. The quantitative estimate of drug-likeness (QED) is 0.421. The van der Waals surface area contributed by atoms with E-state index in [9.17, 15) is 19.2 Å². The van der Waals surface area contributed by atoms with Crippen LogP contribution in [0.15, 0.2) is 0 Å². The van der Waals surface area contributed by atoms with Gasteiger partial charge in [-0.25, -0.2) is 0 Å². The zero-order chi connectivity index (χ0) is 20.9. The summed E-state index contributed by atoms with van der Waals surface area (Å²) in [5, 5.41) is 0. The molecular formula is C22H36N2O4. The van der Waals surface area contributed by atoms with E-state index in [2.05, 4.69) is 0 Å². The summed E-state index contributed by atoms with van der Waals surface area (Å²) >= 11 is 0. The van der Waals surface area contributed by atoms with E-state index in [1.807, 2.05) is 27.7 Å². The van der Waals surface area contributed by atoms with Crippen molar-refractivity contribution in [1.29, 1.82) is 0 Å². The Labute approximate surface area is 169 Å². The number of carbonyl (C=O) groups excluding carboxylic acids is 4. The third kappa shape index (κ3) is 5.42. The molecule has 0 bridgehead atoms. The molecule has 4 amide bonds. The minimum absolute atomic E-state index is 0.000934. The summed E-state index contributed by atoms with van der Waals surface area (Å²) in [4.78, 5) is 51.4. The Morgan fingerprint density at radius 3 is 1.64 bits per heavy atom. The number of nitrogens with zero attached hydrogens (tertiary/aromatic N) is 2. The number of unbranched alkanes of at least 4 members (excludes halogenated alkanes) is 5. The summed E-state index contributed by atoms with van der Waals surface area (Å²) < 4.78 is 0. The summed E-state index contributed by atoms with van der Waals surface area (Å²) in [6.45, 7) is 9.05. The molecule has 2 rings (SSSR count). The lowest BCUT2D eigenvalue weighted by Crippen LogP contribution is -2.34. The van der Waals surface area contributed by atoms with Crippen LogP contribution in [0.5, 0.6) is 0 Å². The fourth-order valence-corrected chi connectivity index (χ4v) is 4.15. The van der Waals surface area contributed by atoms with E-state index in [0.29, 0.717) is 25.9 Å². The van der Waals surface area contributed by atoms with Gasteiger partial charge in [0.1, 0.15) is 0 Å². The summed E-state index contributed by atoms with van der Waals surface area (Å²) in [7, 11) is 0. The Hall–Kier alpha value is -1.72. The van der Waals surface area contributed by atoms with Crippen LogP contribution in [0, 0.1) is 17.3 Å². The molecule has 28 heavy (non-hydrogen) atoms. The van der Waals surface area contributed by atoms with Crippen LogP contribution >= 0.6 is 0 Å². The van der Waals surface area contributed by atoms with E-state index in [1.54, 1.807) is 0 Å². The summed E-state index contributed by atoms with van der Waals surface area (Å²) in [6.07, 6.45) is 7.20. The van der Waals surface area contributed by atoms with Crippen molar-refractivity contribution in [2.75, 3.05) is 13.1 Å². The lowest BCUT2D eigenvalue weighted by Gasteiger charge is -2.24. The highest BCUT2D eigenvalue weighted by Gasteiger charge is 2.44. The maximum atomic E-state index is 12.4. The average molecular weight is 393 g/mol. The first-order valence-electron chi connectivity index (χ1n) is 10.8. The van der Waals surface area contributed by atoms with Gasteiger partial charge in [-0.2, -0.15) is 0 Å². The highest BCUT2D eigenvalue weighted by molar-refractivity contribution is 6.04. The van der Waals surface area contributed by atoms with Crippen LogP contribution in [-0.4, -0.2) is 46.5 Å². The number of rotatable bonds is 10. The van der Waals surface area contributed by atoms with Crippen molar-refractivity contribution in [1.82, 2.24) is 9.80 Å². The number of hydrogen-bond donors (Lipinski definition) is 0. The molecule has 6 nitrogen and oxygen atoms in total. The first-order chi connectivity index (χ1) is 13.2. The Bertz CT molecular complexity index is 608. The second-order valence-electron chi connectivity index (χ2n) is 9.32. The van der Waals surface area contributed by atoms with Crippen LogP contribution in [0.1, 0.15) is 85.5 Å². The standard InChI is InChI=1S/C22H36N2O4/c1-5-16-14-18(25)23(20(16)27)12-10-8-6-7-9-11-13-24-19(26)15-17(21(24)28)22(2,3)4/h16-17H,5-15H2,1-4H3. The van der Waals surface area contributed by atoms with Crippen LogP contribution in [0.4, 0.5) is 0 Å². The second kappa shape index (κ2) is 9.66. The maximum absolute atomic E-state index is 12.4. The molecule has 2 aliphatic heterocycles. The fourth-order valence-electron chi connectivity index (χ4n) is 4.15. The van der Waals surface area contributed by atoms with E-state index in [0.717, 1.165) is 44.9 Å². The first-order valence-corrected chi connectivity index (χ1v) is 10.8. The smallest absolute Gasteiger partial charge is 0.233 e. The van der Waals surface area contributed by atoms with E-state index in [-0.39, 0.29) is 40.9 Å². The number of amides is 4. The molecule has 2 aliphatic rings. The molecule has 158 valence electrons. The molecule has 0 aromatic rings. The number of hydrogen-bond acceptors (Lipinski definition) is 4. The van der Waals surface area contributed by atoms with Crippen LogP contribution in [-0.2, 0) is 19.2 Å². The molecule has 2 heterocycles. The molecule has 2 fully saturated rings. The molecule has 6 heteroatoms. The van der Waals surface area contributed by atoms with Crippen molar-refractivity contribution in [3.05, 3.63) is 0 Å². The van der Waals surface area contributed by atoms with Crippen molar-refractivity contribution >= 4 is 23.6 Å². The average Bonchev–Trinajstić information content (AvgIpc) is 3.06. The largest absolute Gasteiger partial charge is 0.282 e. The van der Waals surface area contributed by atoms with E-state index in [4.69, 9.17) is 0 Å². The Balaban J connectivity index is 1.57. The van der Waals surface area contributed by atoms with Gasteiger partial charge in [-0.3, -0.25) is 29.0 Å². The van der Waals surface area contributed by atoms with Crippen molar-refractivity contribution in [2.24, 2.45) is 17.3 Å². The minimum atomic E-state index is -0.191. The van der Waals surface area contributed by atoms with Gasteiger partial charge in [0, 0.05) is 31.8 Å². The third-order valence-corrected chi connectivity index (χ3v) is 6.13. The van der Waals surface area contributed by atoms with Gasteiger partial charge in [0.05, 0.1) is 5.92 Å². The summed E-state index contributed by atoms with van der Waals surface area (Å²) in [6, 6.07) is 0. The SMILES string of the molecule is CCC1CC(=O)N(CCCCCCCCN2C(=O)CC(C(C)(C)C)C2=O)C1=O. The Morgan fingerprint density at radius 1 is 0.750 bits per heavy atom. The first kappa shape index (κ1) is 22.6. The van der Waals surface area contributed by atoms with Gasteiger partial charge in [0.15, 0.2) is 0 Å². The predicted octanol–water partition coefficient (Wildman–Crippen LogP) is 3.53. The molecule has 2 atom stereocenters. The molecule has 2 saturated heterocycles. The molecule has 0 aromatic heterocycles. The van der Waals surface area contributed by atoms with Crippen LogP contribution in [0.2, 0.25) is 0 Å². The molecule has 2 unspecified atom stereocenters. The molecule has 0 spiro atoms. The highest BCUT2D eigenvalue weighted by Crippen LogP contribution is 2.35. The van der Waals surface area contributed by atoms with Crippen molar-refractivity contribution < 1.29 is 19.2 Å². The Morgan fingerprint density at radius 2 is 1.21 bits per heavy atom. The predicted molar refractivity (Wildman–Crippen MR) is 107 cm³/mol. The fraction of sp³-hybridized carbons (Fsp3) is 0.818. The van der Waals surface area contributed by atoms with Gasteiger partial charge in [-0.15, -0.1) is 0 Å². The van der Waals surface area contributed by atoms with Crippen molar-refractivity contribution in [3.8, 4) is 0 Å². The number of likely N-dealkylation sites (tertiary alicyclic amines) is 2. The molecular weight excluding hydrogens is 356 g/mol. The van der Waals surface area contributed by atoms with Gasteiger partial charge < -0.3 is 0 Å².